The summed E-state index contributed by atoms with van der Waals surface area (Å²) in [6.07, 6.45) is -4.94. The van der Waals surface area contributed by atoms with Crippen LogP contribution in [0.5, 0.6) is 0 Å². The molecule has 20 atom stereocenters. The van der Waals surface area contributed by atoms with E-state index in [2.05, 4.69) is 47.6 Å². The summed E-state index contributed by atoms with van der Waals surface area (Å²) in [6, 6.07) is 0. The predicted octanol–water partition coefficient (Wildman–Crippen LogP) is 2.40. The van der Waals surface area contributed by atoms with Crippen molar-refractivity contribution in [1.29, 1.82) is 0 Å². The third-order valence-corrected chi connectivity index (χ3v) is 16.9. The molecule has 0 aromatic rings. The molecule has 0 amide bonds. The monoisotopic (exact) mass is 799 g/mol. The summed E-state index contributed by atoms with van der Waals surface area (Å²) in [5.74, 6) is 0.385. The van der Waals surface area contributed by atoms with Crippen molar-refractivity contribution in [2.24, 2.45) is 51.2 Å². The lowest BCUT2D eigenvalue weighted by molar-refractivity contribution is -0.338. The second-order valence-corrected chi connectivity index (χ2v) is 20.6. The molecule has 5 fully saturated rings. The van der Waals surface area contributed by atoms with Crippen molar-refractivity contribution in [3.05, 3.63) is 11.6 Å². The van der Waals surface area contributed by atoms with Gasteiger partial charge in [-0.2, -0.15) is 0 Å². The number of allylic oxidation sites excluding steroid dienone is 1. The van der Waals surface area contributed by atoms with Gasteiger partial charge in [-0.3, -0.25) is 0 Å². The molecule has 0 bridgehead atoms. The number of aliphatic hydroxyl groups is 9. The SMILES string of the molecule is C[C@@H]1[C@@H](O)[C@H](OC[C@H]2O[C@@H](O[C@H](CC[C@@H](C)C3CC[C@@]4(C)C5CC=C6C(CC[C@H](O)C6(C)C)[C@]5(C)[C@H](O)C[C@]34C)C(C)(C)O)[C@H](O)[C@@H](O)[C@@H]2O)O[C@H](CO)[C@H]1O. The van der Waals surface area contributed by atoms with Gasteiger partial charge in [0.1, 0.15) is 36.6 Å². The van der Waals surface area contributed by atoms with Crippen LogP contribution in [-0.2, 0) is 18.9 Å². The third-order valence-electron chi connectivity index (χ3n) is 16.9. The van der Waals surface area contributed by atoms with Crippen molar-refractivity contribution in [3.8, 4) is 0 Å². The molecule has 0 aromatic carbocycles. The fraction of sp³-hybridized carbons (Fsp3) is 0.953. The number of ether oxygens (including phenoxy) is 4. The first-order chi connectivity index (χ1) is 25.9. The standard InChI is InChI=1S/C43H74O13/c1-21(23-16-17-41(7)28-13-11-24-25(12-14-29(45)39(24,3)4)43(28,9)30(46)18-42(23,41)8)10-15-31(40(5,6)52)56-38-36(51)35(50)34(49)27(55-38)20-53-37-33(48)22(2)32(47)26(19-44)54-37/h11,21-23,25-38,44-52H,10,12-20H2,1-9H3/t21-,22+,23?,25?,26-,27-,28?,29+,30-,31-,32+,33-,34-,35+,36-,37-,38+,41+,42-,43+/m1/s1. The predicted molar refractivity (Wildman–Crippen MR) is 205 cm³/mol. The van der Waals surface area contributed by atoms with E-state index in [1.165, 1.54) is 5.57 Å². The number of rotatable bonds is 11. The molecule has 9 N–H and O–H groups in total. The highest BCUT2D eigenvalue weighted by atomic mass is 16.7. The zero-order valence-electron chi connectivity index (χ0n) is 35.1. The highest BCUT2D eigenvalue weighted by molar-refractivity contribution is 5.31. The van der Waals surface area contributed by atoms with E-state index in [0.717, 1.165) is 32.1 Å². The first kappa shape index (κ1) is 44.8. The Morgan fingerprint density at radius 1 is 0.804 bits per heavy atom. The smallest absolute Gasteiger partial charge is 0.187 e. The summed E-state index contributed by atoms with van der Waals surface area (Å²) in [4.78, 5) is 0. The number of hydrogen-bond acceptors (Lipinski definition) is 13. The third kappa shape index (κ3) is 7.28. The molecule has 2 saturated heterocycles. The molecule has 2 aliphatic heterocycles. The van der Waals surface area contributed by atoms with E-state index in [-0.39, 0.29) is 46.2 Å². The Hall–Kier alpha value is -0.780. The van der Waals surface area contributed by atoms with Gasteiger partial charge in [-0.1, -0.05) is 60.1 Å². The van der Waals surface area contributed by atoms with Crippen LogP contribution in [0.2, 0.25) is 0 Å². The number of hydrogen-bond donors (Lipinski definition) is 9. The maximum Gasteiger partial charge on any atom is 0.187 e. The Morgan fingerprint density at radius 2 is 1.46 bits per heavy atom. The summed E-state index contributed by atoms with van der Waals surface area (Å²) in [5, 5.41) is 97.7. The fourth-order valence-electron chi connectivity index (χ4n) is 12.8. The molecule has 0 radical (unpaired) electrons. The Kier molecular flexibility index (Phi) is 12.7. The molecule has 6 aliphatic rings. The van der Waals surface area contributed by atoms with Gasteiger partial charge in [0.05, 0.1) is 43.2 Å². The topological polar surface area (TPSA) is 219 Å². The summed E-state index contributed by atoms with van der Waals surface area (Å²) in [6.45, 7) is 17.7. The molecular weight excluding hydrogens is 724 g/mol. The van der Waals surface area contributed by atoms with Crippen molar-refractivity contribution in [2.45, 2.75) is 193 Å². The van der Waals surface area contributed by atoms with E-state index in [9.17, 15) is 46.0 Å². The molecule has 3 unspecified atom stereocenters. The van der Waals surface area contributed by atoms with Gasteiger partial charge in [-0.15, -0.1) is 0 Å². The van der Waals surface area contributed by atoms with Crippen LogP contribution in [0.4, 0.5) is 0 Å². The van der Waals surface area contributed by atoms with Gasteiger partial charge in [-0.25, -0.2) is 0 Å². The van der Waals surface area contributed by atoms with Crippen LogP contribution in [-0.4, -0.2) is 138 Å². The number of fused-ring (bicyclic) bond motifs is 5. The lowest BCUT2D eigenvalue weighted by atomic mass is 9.38. The van der Waals surface area contributed by atoms with E-state index in [1.807, 2.05) is 0 Å². The van der Waals surface area contributed by atoms with Crippen molar-refractivity contribution < 1.29 is 64.9 Å². The molecule has 0 spiro atoms. The van der Waals surface area contributed by atoms with Gasteiger partial charge < -0.3 is 64.9 Å². The summed E-state index contributed by atoms with van der Waals surface area (Å²) in [7, 11) is 0. The minimum atomic E-state index is -1.66. The van der Waals surface area contributed by atoms with E-state index in [1.54, 1.807) is 20.8 Å². The number of aliphatic hydroxyl groups excluding tert-OH is 8. The van der Waals surface area contributed by atoms with Gasteiger partial charge in [0, 0.05) is 16.7 Å². The summed E-state index contributed by atoms with van der Waals surface area (Å²) in [5.41, 5.74) is -0.763. The summed E-state index contributed by atoms with van der Waals surface area (Å²) < 4.78 is 23.5. The van der Waals surface area contributed by atoms with Crippen LogP contribution in [0.3, 0.4) is 0 Å². The molecule has 3 saturated carbocycles. The van der Waals surface area contributed by atoms with E-state index in [0.29, 0.717) is 31.1 Å². The zero-order chi connectivity index (χ0) is 41.5. The van der Waals surface area contributed by atoms with Gasteiger partial charge in [-0.05, 0) is 99.7 Å². The molecule has 6 rings (SSSR count). The molecule has 0 aromatic heterocycles. The van der Waals surface area contributed by atoms with Crippen molar-refractivity contribution >= 4 is 0 Å². The highest BCUT2D eigenvalue weighted by Gasteiger charge is 2.70. The Balaban J connectivity index is 1.13. The second kappa shape index (κ2) is 15.9. The molecule has 13 heteroatoms. The average Bonchev–Trinajstić information content (AvgIpc) is 3.40. The normalized spacial score (nSPS) is 50.3. The lowest BCUT2D eigenvalue weighted by Crippen LogP contribution is -2.64. The van der Waals surface area contributed by atoms with Gasteiger partial charge >= 0.3 is 0 Å². The van der Waals surface area contributed by atoms with Crippen molar-refractivity contribution in [3.63, 3.8) is 0 Å². The molecule has 324 valence electrons. The van der Waals surface area contributed by atoms with E-state index in [4.69, 9.17) is 18.9 Å². The van der Waals surface area contributed by atoms with Crippen LogP contribution < -0.4 is 0 Å². The zero-order valence-corrected chi connectivity index (χ0v) is 35.1. The van der Waals surface area contributed by atoms with Crippen LogP contribution in [0, 0.1) is 51.2 Å². The van der Waals surface area contributed by atoms with E-state index >= 15 is 0 Å². The van der Waals surface area contributed by atoms with Crippen molar-refractivity contribution in [1.82, 2.24) is 0 Å². The minimum Gasteiger partial charge on any atom is -0.394 e. The quantitative estimate of drug-likeness (QED) is 0.137. The van der Waals surface area contributed by atoms with Crippen molar-refractivity contribution in [2.75, 3.05) is 13.2 Å². The molecule has 4 aliphatic carbocycles. The average molecular weight is 799 g/mol. The van der Waals surface area contributed by atoms with Gasteiger partial charge in [0.2, 0.25) is 0 Å². The first-order valence-electron chi connectivity index (χ1n) is 21.3. The molecule has 56 heavy (non-hydrogen) atoms. The van der Waals surface area contributed by atoms with Gasteiger partial charge in [0.25, 0.3) is 0 Å². The summed E-state index contributed by atoms with van der Waals surface area (Å²) >= 11 is 0. The van der Waals surface area contributed by atoms with Crippen LogP contribution >= 0.6 is 0 Å². The van der Waals surface area contributed by atoms with E-state index < -0.39 is 85.6 Å². The van der Waals surface area contributed by atoms with Gasteiger partial charge in [0.15, 0.2) is 12.6 Å². The maximum atomic E-state index is 12.3. The Morgan fingerprint density at radius 3 is 2.11 bits per heavy atom. The Bertz CT molecular complexity index is 1400. The second-order valence-electron chi connectivity index (χ2n) is 20.6. The molecule has 2 heterocycles. The Labute approximate surface area is 333 Å². The van der Waals surface area contributed by atoms with Crippen LogP contribution in [0.1, 0.15) is 114 Å². The van der Waals surface area contributed by atoms with Crippen LogP contribution in [0.25, 0.3) is 0 Å². The highest BCUT2D eigenvalue weighted by Crippen LogP contribution is 2.75. The molecular formula is C43H74O13. The molecule has 13 nitrogen and oxygen atoms in total. The largest absolute Gasteiger partial charge is 0.394 e. The first-order valence-corrected chi connectivity index (χ1v) is 21.3. The lowest BCUT2D eigenvalue weighted by Gasteiger charge is -2.67. The fourth-order valence-corrected chi connectivity index (χ4v) is 12.8. The van der Waals surface area contributed by atoms with Crippen LogP contribution in [0.15, 0.2) is 11.6 Å². The minimum absolute atomic E-state index is 0.00203. The maximum absolute atomic E-state index is 12.3.